The van der Waals surface area contributed by atoms with E-state index in [-0.39, 0.29) is 13.1 Å². The Morgan fingerprint density at radius 1 is 1.53 bits per heavy atom. The minimum Gasteiger partial charge on any atom is -0.481 e. The van der Waals surface area contributed by atoms with Gasteiger partial charge in [0.1, 0.15) is 6.54 Å². The van der Waals surface area contributed by atoms with Gasteiger partial charge in [-0.15, -0.1) is 0 Å². The van der Waals surface area contributed by atoms with Crippen molar-refractivity contribution in [3.63, 3.8) is 0 Å². The average Bonchev–Trinajstić information content (AvgIpc) is 2.31. The van der Waals surface area contributed by atoms with Gasteiger partial charge in [0.05, 0.1) is 19.1 Å². The molecule has 1 unspecified atom stereocenters. The summed E-state index contributed by atoms with van der Waals surface area (Å²) >= 11 is 0. The zero-order valence-electron chi connectivity index (χ0n) is 8.21. The maximum absolute atomic E-state index is 11.3. The fourth-order valence-electron chi connectivity index (χ4n) is 1.33. The minimum atomic E-state index is -1.22. The summed E-state index contributed by atoms with van der Waals surface area (Å²) in [7, 11) is 1.46. The van der Waals surface area contributed by atoms with Gasteiger partial charge in [-0.3, -0.25) is 14.5 Å². The predicted molar refractivity (Wildman–Crippen MR) is 48.0 cm³/mol. The Morgan fingerprint density at radius 2 is 2.13 bits per heavy atom. The molecule has 2 N–H and O–H groups in total. The first kappa shape index (κ1) is 11.4. The second-order valence-electron chi connectivity index (χ2n) is 3.39. The van der Waals surface area contributed by atoms with Crippen LogP contribution in [-0.4, -0.2) is 64.2 Å². The fourth-order valence-corrected chi connectivity index (χ4v) is 1.33. The van der Waals surface area contributed by atoms with Gasteiger partial charge in [0.15, 0.2) is 0 Å². The molecule has 1 atom stereocenters. The second-order valence-corrected chi connectivity index (χ2v) is 3.39. The first-order valence-electron chi connectivity index (χ1n) is 4.37. The lowest BCUT2D eigenvalue weighted by Crippen LogP contribution is -2.38. The van der Waals surface area contributed by atoms with E-state index >= 15 is 0 Å². The molecule has 15 heavy (non-hydrogen) atoms. The van der Waals surface area contributed by atoms with Crippen LogP contribution in [0, 0.1) is 0 Å². The molecule has 0 aliphatic carbocycles. The second kappa shape index (κ2) is 4.26. The molecule has 1 saturated heterocycles. The van der Waals surface area contributed by atoms with Crippen LogP contribution in [0.25, 0.3) is 0 Å². The molecule has 3 amide bonds. The molecule has 1 fully saturated rings. The highest BCUT2D eigenvalue weighted by Gasteiger charge is 2.34. The lowest BCUT2D eigenvalue weighted by molar-refractivity contribution is -0.140. The number of urea groups is 1. The van der Waals surface area contributed by atoms with Crippen molar-refractivity contribution < 1.29 is 24.6 Å². The number of β-amino-alcohol motifs (C(OH)–C–C–N with tert-alkyl or cyclic N) is 1. The largest absolute Gasteiger partial charge is 0.481 e. The van der Waals surface area contributed by atoms with Gasteiger partial charge in [0.2, 0.25) is 5.91 Å². The predicted octanol–water partition coefficient (Wildman–Crippen LogP) is -1.28. The molecule has 0 aromatic rings. The molecule has 1 rings (SSSR count). The van der Waals surface area contributed by atoms with Crippen LogP contribution in [0.5, 0.6) is 0 Å². The number of imide groups is 1. The molecule has 0 spiro atoms. The highest BCUT2D eigenvalue weighted by molar-refractivity contribution is 6.01. The lowest BCUT2D eigenvalue weighted by atomic mass is 10.2. The molecule has 1 heterocycles. The SMILES string of the molecule is CN1CC(=O)N(CC(O)CC(=O)O)C1=O. The number of likely N-dealkylation sites (N-methyl/N-ethyl adjacent to an activating group) is 1. The van der Waals surface area contributed by atoms with Crippen molar-refractivity contribution >= 4 is 17.9 Å². The highest BCUT2D eigenvalue weighted by atomic mass is 16.4. The molecule has 0 saturated carbocycles. The van der Waals surface area contributed by atoms with Crippen molar-refractivity contribution in [2.75, 3.05) is 20.1 Å². The Bertz CT molecular complexity index is 303. The van der Waals surface area contributed by atoms with Gasteiger partial charge in [0, 0.05) is 7.05 Å². The monoisotopic (exact) mass is 216 g/mol. The van der Waals surface area contributed by atoms with E-state index in [1.165, 1.54) is 11.9 Å². The summed E-state index contributed by atoms with van der Waals surface area (Å²) < 4.78 is 0. The van der Waals surface area contributed by atoms with Crippen molar-refractivity contribution in [1.82, 2.24) is 9.80 Å². The number of aliphatic hydroxyl groups excluding tert-OH is 1. The number of aliphatic carboxylic acids is 1. The number of nitrogens with zero attached hydrogens (tertiary/aromatic N) is 2. The van der Waals surface area contributed by atoms with E-state index < -0.39 is 30.4 Å². The first-order chi connectivity index (χ1) is 6.91. The zero-order valence-corrected chi connectivity index (χ0v) is 8.21. The van der Waals surface area contributed by atoms with Gasteiger partial charge < -0.3 is 15.1 Å². The van der Waals surface area contributed by atoms with Gasteiger partial charge >= 0.3 is 12.0 Å². The van der Waals surface area contributed by atoms with Crippen LogP contribution < -0.4 is 0 Å². The van der Waals surface area contributed by atoms with E-state index in [0.717, 1.165) is 4.90 Å². The van der Waals surface area contributed by atoms with Crippen molar-refractivity contribution in [3.8, 4) is 0 Å². The van der Waals surface area contributed by atoms with E-state index in [1.807, 2.05) is 0 Å². The van der Waals surface area contributed by atoms with E-state index in [9.17, 15) is 19.5 Å². The van der Waals surface area contributed by atoms with Gasteiger partial charge in [-0.1, -0.05) is 0 Å². The van der Waals surface area contributed by atoms with E-state index in [2.05, 4.69) is 0 Å². The molecule has 1 aliphatic rings. The third-order valence-corrected chi connectivity index (χ3v) is 2.03. The Hall–Kier alpha value is -1.63. The van der Waals surface area contributed by atoms with Crippen molar-refractivity contribution in [2.24, 2.45) is 0 Å². The Labute approximate surface area is 85.9 Å². The normalized spacial score (nSPS) is 18.5. The van der Waals surface area contributed by atoms with Crippen molar-refractivity contribution in [1.29, 1.82) is 0 Å². The first-order valence-corrected chi connectivity index (χ1v) is 4.37. The van der Waals surface area contributed by atoms with Gasteiger partial charge in [-0.2, -0.15) is 0 Å². The summed E-state index contributed by atoms with van der Waals surface area (Å²) in [6.45, 7) is -0.299. The third-order valence-electron chi connectivity index (χ3n) is 2.03. The molecule has 7 heteroatoms. The number of rotatable bonds is 4. The molecule has 0 aromatic heterocycles. The zero-order chi connectivity index (χ0) is 11.6. The van der Waals surface area contributed by atoms with E-state index in [1.54, 1.807) is 0 Å². The van der Waals surface area contributed by atoms with Gasteiger partial charge in [0.25, 0.3) is 0 Å². The average molecular weight is 216 g/mol. The number of aliphatic hydroxyl groups is 1. The molecule has 0 bridgehead atoms. The summed E-state index contributed by atoms with van der Waals surface area (Å²) in [5, 5.41) is 17.6. The third kappa shape index (κ3) is 2.66. The number of amides is 3. The smallest absolute Gasteiger partial charge is 0.327 e. The number of carboxylic acids is 1. The summed E-state index contributed by atoms with van der Waals surface area (Å²) in [4.78, 5) is 34.8. The van der Waals surface area contributed by atoms with Crippen molar-refractivity contribution in [2.45, 2.75) is 12.5 Å². The Kier molecular flexibility index (Phi) is 3.25. The number of hydrogen-bond acceptors (Lipinski definition) is 4. The molecule has 1 aliphatic heterocycles. The maximum atomic E-state index is 11.3. The van der Waals surface area contributed by atoms with Crippen LogP contribution in [0.1, 0.15) is 6.42 Å². The molecular weight excluding hydrogens is 204 g/mol. The number of carboxylic acid groups (broad SMARTS) is 1. The quantitative estimate of drug-likeness (QED) is 0.570. The molecule has 7 nitrogen and oxygen atoms in total. The standard InChI is InChI=1S/C8H12N2O5/c1-9-4-6(12)10(8(9)15)3-5(11)2-7(13)14/h5,11H,2-4H2,1H3,(H,13,14). The highest BCUT2D eigenvalue weighted by Crippen LogP contribution is 2.09. The van der Waals surface area contributed by atoms with Crippen LogP contribution in [0.3, 0.4) is 0 Å². The van der Waals surface area contributed by atoms with Crippen LogP contribution in [0.2, 0.25) is 0 Å². The summed E-state index contributed by atoms with van der Waals surface area (Å²) in [5.41, 5.74) is 0. The Balaban J connectivity index is 2.54. The maximum Gasteiger partial charge on any atom is 0.327 e. The molecular formula is C8H12N2O5. The van der Waals surface area contributed by atoms with Crippen LogP contribution in [0.15, 0.2) is 0 Å². The molecule has 0 radical (unpaired) electrons. The summed E-state index contributed by atoms with van der Waals surface area (Å²) in [6, 6.07) is -0.510. The van der Waals surface area contributed by atoms with Gasteiger partial charge in [-0.05, 0) is 0 Å². The van der Waals surface area contributed by atoms with Gasteiger partial charge in [-0.25, -0.2) is 4.79 Å². The minimum absolute atomic E-state index is 0.0291. The number of carbonyl (C=O) groups is 3. The summed E-state index contributed by atoms with van der Waals surface area (Å²) in [5.74, 6) is -1.60. The number of hydrogen-bond donors (Lipinski definition) is 2. The molecule has 0 aromatic carbocycles. The fraction of sp³-hybridized carbons (Fsp3) is 0.625. The topological polar surface area (TPSA) is 98.2 Å². The summed E-state index contributed by atoms with van der Waals surface area (Å²) in [6.07, 6.45) is -1.71. The van der Waals surface area contributed by atoms with Crippen LogP contribution >= 0.6 is 0 Å². The number of carbonyl (C=O) groups excluding carboxylic acids is 2. The van der Waals surface area contributed by atoms with E-state index in [4.69, 9.17) is 5.11 Å². The van der Waals surface area contributed by atoms with Crippen LogP contribution in [0.4, 0.5) is 4.79 Å². The van der Waals surface area contributed by atoms with Crippen LogP contribution in [-0.2, 0) is 9.59 Å². The van der Waals surface area contributed by atoms with E-state index in [0.29, 0.717) is 0 Å². The molecule has 84 valence electrons. The lowest BCUT2D eigenvalue weighted by Gasteiger charge is -2.16. The van der Waals surface area contributed by atoms with Crippen molar-refractivity contribution in [3.05, 3.63) is 0 Å². The Morgan fingerprint density at radius 3 is 2.53 bits per heavy atom.